The predicted octanol–water partition coefficient (Wildman–Crippen LogP) is 1.52. The quantitative estimate of drug-likeness (QED) is 0.856. The molecule has 0 unspecified atom stereocenters. The lowest BCUT2D eigenvalue weighted by Gasteiger charge is -2.27. The van der Waals surface area contributed by atoms with E-state index in [1.807, 2.05) is 0 Å². The van der Waals surface area contributed by atoms with Gasteiger partial charge >= 0.3 is 6.18 Å². The Balaban J connectivity index is 3.21. The van der Waals surface area contributed by atoms with Crippen LogP contribution in [0.4, 0.5) is 19.0 Å². The Morgan fingerprint density at radius 3 is 2.47 bits per heavy atom. The van der Waals surface area contributed by atoms with Gasteiger partial charge in [-0.1, -0.05) is 0 Å². The molecule has 0 aromatic carbocycles. The van der Waals surface area contributed by atoms with Crippen LogP contribution in [0.2, 0.25) is 0 Å². The van der Waals surface area contributed by atoms with E-state index in [1.165, 1.54) is 0 Å². The normalized spacial score (nSPS) is 11.7. The minimum atomic E-state index is -4.36. The average Bonchev–Trinajstić information content (AvgIpc) is 2.25. The summed E-state index contributed by atoms with van der Waals surface area (Å²) in [4.78, 5) is 5.16. The summed E-state index contributed by atoms with van der Waals surface area (Å²) in [7, 11) is 0. The number of alkyl halides is 3. The Labute approximate surface area is 110 Å². The first-order chi connectivity index (χ1) is 8.78. The molecule has 1 aromatic rings. The molecule has 0 radical (unpaired) electrons. The van der Waals surface area contributed by atoms with Crippen LogP contribution in [-0.4, -0.2) is 36.0 Å². The lowest BCUT2D eigenvalue weighted by atomic mass is 10.1. The summed E-state index contributed by atoms with van der Waals surface area (Å²) in [5.74, 6) is 0.200. The van der Waals surface area contributed by atoms with Crippen LogP contribution < -0.4 is 10.6 Å². The van der Waals surface area contributed by atoms with Crippen molar-refractivity contribution in [1.29, 1.82) is 0 Å². The molecule has 0 amide bonds. The zero-order chi connectivity index (χ0) is 14.6. The summed E-state index contributed by atoms with van der Waals surface area (Å²) >= 11 is 0. The first-order valence-corrected chi connectivity index (χ1v) is 5.88. The van der Waals surface area contributed by atoms with Crippen LogP contribution in [0.3, 0.4) is 0 Å². The molecule has 0 aliphatic carbocycles. The Kier molecular flexibility index (Phi) is 5.13. The monoisotopic (exact) mass is 277 g/mol. The van der Waals surface area contributed by atoms with Crippen molar-refractivity contribution >= 4 is 5.82 Å². The van der Waals surface area contributed by atoms with Gasteiger partial charge in [0.15, 0.2) is 0 Å². The van der Waals surface area contributed by atoms with Gasteiger partial charge in [-0.3, -0.25) is 0 Å². The van der Waals surface area contributed by atoms with Crippen molar-refractivity contribution < 1.29 is 18.3 Å². The van der Waals surface area contributed by atoms with E-state index >= 15 is 0 Å². The molecule has 0 spiro atoms. The SMILES string of the molecule is Cc1cc(C)c(CN)c(N(CCO)CC(F)(F)F)n1. The molecule has 3 N–H and O–H groups in total. The molecular formula is C12H18F3N3O. The smallest absolute Gasteiger partial charge is 0.395 e. The number of nitrogens with zero attached hydrogens (tertiary/aromatic N) is 2. The molecule has 19 heavy (non-hydrogen) atoms. The minimum Gasteiger partial charge on any atom is -0.395 e. The third-order valence-corrected chi connectivity index (χ3v) is 2.70. The van der Waals surface area contributed by atoms with E-state index in [1.54, 1.807) is 19.9 Å². The highest BCUT2D eigenvalue weighted by atomic mass is 19.4. The summed E-state index contributed by atoms with van der Waals surface area (Å²) in [6.45, 7) is 1.93. The average molecular weight is 277 g/mol. The molecule has 0 bridgehead atoms. The molecule has 7 heteroatoms. The van der Waals surface area contributed by atoms with Gasteiger partial charge in [-0.25, -0.2) is 4.98 Å². The van der Waals surface area contributed by atoms with Crippen molar-refractivity contribution in [2.75, 3.05) is 24.6 Å². The number of pyridine rings is 1. The second-order valence-corrected chi connectivity index (χ2v) is 4.35. The third-order valence-electron chi connectivity index (χ3n) is 2.70. The number of hydrogen-bond donors (Lipinski definition) is 2. The molecule has 0 fully saturated rings. The number of aryl methyl sites for hydroxylation is 2. The van der Waals surface area contributed by atoms with Gasteiger partial charge in [0.1, 0.15) is 12.4 Å². The summed E-state index contributed by atoms with van der Waals surface area (Å²) < 4.78 is 37.7. The summed E-state index contributed by atoms with van der Waals surface area (Å²) in [5.41, 5.74) is 7.58. The highest BCUT2D eigenvalue weighted by Crippen LogP contribution is 2.25. The second kappa shape index (κ2) is 6.21. The van der Waals surface area contributed by atoms with Crippen molar-refractivity contribution in [1.82, 2.24) is 4.98 Å². The van der Waals surface area contributed by atoms with E-state index in [0.29, 0.717) is 11.3 Å². The Morgan fingerprint density at radius 2 is 2.00 bits per heavy atom. The first kappa shape index (κ1) is 15.7. The Bertz CT molecular complexity index is 435. The standard InChI is InChI=1S/C12H18F3N3O/c1-8-5-9(2)17-11(10(8)6-16)18(3-4-19)7-12(13,14)15/h5,19H,3-4,6-7,16H2,1-2H3. The second-order valence-electron chi connectivity index (χ2n) is 4.35. The van der Waals surface area contributed by atoms with Gasteiger partial charge in [-0.2, -0.15) is 13.2 Å². The third kappa shape index (κ3) is 4.36. The molecule has 4 nitrogen and oxygen atoms in total. The topological polar surface area (TPSA) is 62.4 Å². The van der Waals surface area contributed by atoms with Crippen molar-refractivity contribution in [3.63, 3.8) is 0 Å². The summed E-state index contributed by atoms with van der Waals surface area (Å²) in [6, 6.07) is 1.77. The van der Waals surface area contributed by atoms with Crippen LogP contribution >= 0.6 is 0 Å². The van der Waals surface area contributed by atoms with E-state index < -0.39 is 12.7 Å². The lowest BCUT2D eigenvalue weighted by molar-refractivity contribution is -0.120. The maximum Gasteiger partial charge on any atom is 0.405 e. The maximum absolute atomic E-state index is 12.6. The number of aliphatic hydroxyl groups excluding tert-OH is 1. The Hall–Kier alpha value is -1.34. The van der Waals surface area contributed by atoms with E-state index in [2.05, 4.69) is 4.98 Å². The van der Waals surface area contributed by atoms with Gasteiger partial charge < -0.3 is 15.7 Å². The van der Waals surface area contributed by atoms with Gasteiger partial charge in [0.2, 0.25) is 0 Å². The van der Waals surface area contributed by atoms with Crippen LogP contribution in [0.5, 0.6) is 0 Å². The van der Waals surface area contributed by atoms with Crippen molar-refractivity contribution in [2.45, 2.75) is 26.6 Å². The van der Waals surface area contributed by atoms with Gasteiger partial charge in [-0.15, -0.1) is 0 Å². The fourth-order valence-corrected chi connectivity index (χ4v) is 1.95. The van der Waals surface area contributed by atoms with E-state index in [0.717, 1.165) is 10.5 Å². The van der Waals surface area contributed by atoms with Gasteiger partial charge in [0.05, 0.1) is 6.61 Å². The number of aromatic nitrogens is 1. The molecule has 0 aliphatic heterocycles. The number of rotatable bonds is 5. The lowest BCUT2D eigenvalue weighted by Crippen LogP contribution is -2.38. The number of halogens is 3. The van der Waals surface area contributed by atoms with Crippen LogP contribution in [0, 0.1) is 13.8 Å². The maximum atomic E-state index is 12.6. The number of hydrogen-bond acceptors (Lipinski definition) is 4. The molecular weight excluding hydrogens is 259 g/mol. The van der Waals surface area contributed by atoms with E-state index in [9.17, 15) is 13.2 Å². The zero-order valence-electron chi connectivity index (χ0n) is 11.0. The van der Waals surface area contributed by atoms with Crippen molar-refractivity contribution in [3.8, 4) is 0 Å². The largest absolute Gasteiger partial charge is 0.405 e. The van der Waals surface area contributed by atoms with Crippen molar-refractivity contribution in [3.05, 3.63) is 22.9 Å². The Morgan fingerprint density at radius 1 is 1.37 bits per heavy atom. The molecule has 0 saturated heterocycles. The molecule has 0 saturated carbocycles. The van der Waals surface area contributed by atoms with Crippen LogP contribution in [-0.2, 0) is 6.54 Å². The number of aliphatic hydroxyl groups is 1. The van der Waals surface area contributed by atoms with E-state index in [-0.39, 0.29) is 25.5 Å². The molecule has 1 rings (SSSR count). The minimum absolute atomic E-state index is 0.105. The predicted molar refractivity (Wildman–Crippen MR) is 67.0 cm³/mol. The fourth-order valence-electron chi connectivity index (χ4n) is 1.95. The van der Waals surface area contributed by atoms with Crippen molar-refractivity contribution in [2.24, 2.45) is 5.73 Å². The molecule has 0 atom stereocenters. The number of anilines is 1. The summed E-state index contributed by atoms with van der Waals surface area (Å²) in [6.07, 6.45) is -4.36. The fraction of sp³-hybridized carbons (Fsp3) is 0.583. The van der Waals surface area contributed by atoms with Gasteiger partial charge in [0.25, 0.3) is 0 Å². The number of nitrogens with two attached hydrogens (primary N) is 1. The van der Waals surface area contributed by atoms with Crippen LogP contribution in [0.15, 0.2) is 6.07 Å². The van der Waals surface area contributed by atoms with Crippen LogP contribution in [0.1, 0.15) is 16.8 Å². The first-order valence-electron chi connectivity index (χ1n) is 5.88. The van der Waals surface area contributed by atoms with Crippen LogP contribution in [0.25, 0.3) is 0 Å². The highest BCUT2D eigenvalue weighted by molar-refractivity contribution is 5.51. The van der Waals surface area contributed by atoms with Gasteiger partial charge in [-0.05, 0) is 25.5 Å². The van der Waals surface area contributed by atoms with E-state index in [4.69, 9.17) is 10.8 Å². The molecule has 0 aliphatic rings. The summed E-state index contributed by atoms with van der Waals surface area (Å²) in [5, 5.41) is 8.93. The highest BCUT2D eigenvalue weighted by Gasteiger charge is 2.32. The molecule has 1 heterocycles. The molecule has 1 aromatic heterocycles. The zero-order valence-corrected chi connectivity index (χ0v) is 11.0. The molecule has 108 valence electrons. The van der Waals surface area contributed by atoms with Gasteiger partial charge in [0, 0.05) is 24.3 Å².